The second-order valence-corrected chi connectivity index (χ2v) is 6.12. The van der Waals surface area contributed by atoms with Gasteiger partial charge in [0, 0.05) is 17.5 Å². The zero-order valence-electron chi connectivity index (χ0n) is 13.6. The number of Topliss-reactive ketones (excluding diaryl/α,β-unsaturated/α-hetero) is 1. The number of halogens is 3. The van der Waals surface area contributed by atoms with Crippen LogP contribution in [0.1, 0.15) is 30.9 Å². The predicted octanol–water partition coefficient (Wildman–Crippen LogP) is 4.21. The summed E-state index contributed by atoms with van der Waals surface area (Å²) in [7, 11) is 0. The fraction of sp³-hybridized carbons (Fsp3) is 0.316. The largest absolute Gasteiger partial charge is 0.494 e. The molecule has 0 aromatic heterocycles. The number of alkyl halides is 3. The Morgan fingerprint density at radius 2 is 1.80 bits per heavy atom. The molecule has 2 aromatic carbocycles. The Balaban J connectivity index is 1.97. The lowest BCUT2D eigenvalue weighted by Gasteiger charge is -2.28. The van der Waals surface area contributed by atoms with Crippen LogP contribution < -0.4 is 4.74 Å². The molecule has 1 unspecified atom stereocenters. The smallest absolute Gasteiger partial charge is 0.425 e. The third-order valence-corrected chi connectivity index (χ3v) is 4.34. The molecule has 0 spiro atoms. The molecule has 3 rings (SSSR count). The lowest BCUT2D eigenvalue weighted by atomic mass is 9.91. The molecule has 1 N–H and O–H groups in total. The van der Waals surface area contributed by atoms with E-state index in [2.05, 4.69) is 0 Å². The van der Waals surface area contributed by atoms with Crippen molar-refractivity contribution in [3.63, 3.8) is 0 Å². The second kappa shape index (κ2) is 6.19. The van der Waals surface area contributed by atoms with Crippen molar-refractivity contribution in [2.24, 2.45) is 0 Å². The number of ether oxygens (including phenoxy) is 1. The van der Waals surface area contributed by atoms with Gasteiger partial charge in [0.2, 0.25) is 5.60 Å². The van der Waals surface area contributed by atoms with Crippen LogP contribution in [-0.2, 0) is 10.4 Å². The first-order valence-corrected chi connectivity index (χ1v) is 7.91. The van der Waals surface area contributed by atoms with Gasteiger partial charge in [-0.2, -0.15) is 13.2 Å². The van der Waals surface area contributed by atoms with Crippen molar-refractivity contribution in [3.8, 4) is 16.9 Å². The first-order valence-electron chi connectivity index (χ1n) is 7.91. The van der Waals surface area contributed by atoms with Gasteiger partial charge in [-0.05, 0) is 36.6 Å². The first-order chi connectivity index (χ1) is 11.7. The van der Waals surface area contributed by atoms with Crippen molar-refractivity contribution in [1.82, 2.24) is 0 Å². The normalized spacial score (nSPS) is 18.6. The van der Waals surface area contributed by atoms with Gasteiger partial charge < -0.3 is 14.6 Å². The number of ketones is 1. The summed E-state index contributed by atoms with van der Waals surface area (Å²) < 4.78 is 46.6. The fourth-order valence-corrected chi connectivity index (χ4v) is 3.14. The van der Waals surface area contributed by atoms with Gasteiger partial charge in [0.15, 0.2) is 0 Å². The van der Waals surface area contributed by atoms with E-state index in [9.17, 15) is 23.1 Å². The number of rotatable bonds is 5. The van der Waals surface area contributed by atoms with E-state index in [1.54, 1.807) is 18.2 Å². The Hall–Kier alpha value is -2.34. The molecular weight excluding hydrogens is 333 g/mol. The summed E-state index contributed by atoms with van der Waals surface area (Å²) in [6, 6.07) is 10.3. The van der Waals surface area contributed by atoms with Crippen LogP contribution in [0, 0.1) is 0 Å². The van der Waals surface area contributed by atoms with Crippen LogP contribution in [0.4, 0.5) is 13.2 Å². The number of fused-ring (bicyclic) bond motifs is 3. The van der Waals surface area contributed by atoms with Crippen molar-refractivity contribution in [2.45, 2.75) is 31.5 Å². The molecule has 0 bridgehead atoms. The molecule has 0 amide bonds. The average Bonchev–Trinajstić information content (AvgIpc) is 2.82. The predicted molar refractivity (Wildman–Crippen MR) is 86.3 cm³/mol. The summed E-state index contributed by atoms with van der Waals surface area (Å²) in [6.07, 6.45) is -4.03. The molecule has 0 saturated carbocycles. The number of hydrogen-bond acceptors (Lipinski definition) is 3. The number of carbonyl (C=O) groups is 1. The topological polar surface area (TPSA) is 46.5 Å². The number of hydrogen-bond donors (Lipinski definition) is 1. The van der Waals surface area contributed by atoms with Crippen molar-refractivity contribution >= 4 is 5.78 Å². The molecule has 132 valence electrons. The van der Waals surface area contributed by atoms with Crippen molar-refractivity contribution in [2.75, 3.05) is 6.61 Å². The standard InChI is InChI=1S/C19H17F3O3/c1-12(23)5-4-10-25-13-8-9-15-14-6-2-3-7-16(14)18(24,17(15)11-13)19(20,21)22/h2-3,6-9,11,24H,4-5,10H2,1H3. The SMILES string of the molecule is CC(=O)CCCOc1ccc2c(c1)C(O)(C(F)(F)F)c1ccccc1-2. The van der Waals surface area contributed by atoms with Crippen LogP contribution >= 0.6 is 0 Å². The highest BCUT2D eigenvalue weighted by molar-refractivity contribution is 5.81. The lowest BCUT2D eigenvalue weighted by molar-refractivity contribution is -0.246. The van der Waals surface area contributed by atoms with E-state index in [1.165, 1.54) is 31.2 Å². The molecule has 1 aliphatic carbocycles. The summed E-state index contributed by atoms with van der Waals surface area (Å²) in [5.41, 5.74) is -2.76. The Kier molecular flexibility index (Phi) is 4.33. The van der Waals surface area contributed by atoms with Gasteiger partial charge in [0.1, 0.15) is 11.5 Å². The minimum atomic E-state index is -4.86. The van der Waals surface area contributed by atoms with Crippen LogP contribution in [0.15, 0.2) is 42.5 Å². The van der Waals surface area contributed by atoms with Crippen LogP contribution in [0.2, 0.25) is 0 Å². The summed E-state index contributed by atoms with van der Waals surface area (Å²) >= 11 is 0. The average molecular weight is 350 g/mol. The zero-order chi connectivity index (χ0) is 18.2. The Labute approximate surface area is 143 Å². The highest BCUT2D eigenvalue weighted by Crippen LogP contribution is 2.55. The maximum Gasteiger partial charge on any atom is 0.425 e. The molecule has 3 nitrogen and oxygen atoms in total. The van der Waals surface area contributed by atoms with E-state index >= 15 is 0 Å². The van der Waals surface area contributed by atoms with Gasteiger partial charge in [-0.15, -0.1) is 0 Å². The monoisotopic (exact) mass is 350 g/mol. The van der Waals surface area contributed by atoms with Crippen molar-refractivity contribution < 1.29 is 27.8 Å². The second-order valence-electron chi connectivity index (χ2n) is 6.12. The highest BCUT2D eigenvalue weighted by atomic mass is 19.4. The summed E-state index contributed by atoms with van der Waals surface area (Å²) in [5, 5.41) is 10.6. The zero-order valence-corrected chi connectivity index (χ0v) is 13.6. The van der Waals surface area contributed by atoms with Crippen LogP contribution in [-0.4, -0.2) is 23.7 Å². The minimum Gasteiger partial charge on any atom is -0.494 e. The maximum absolute atomic E-state index is 13.7. The van der Waals surface area contributed by atoms with Crippen LogP contribution in [0.5, 0.6) is 5.75 Å². The molecule has 2 aromatic rings. The van der Waals surface area contributed by atoms with E-state index < -0.39 is 11.8 Å². The molecular formula is C19H17F3O3. The maximum atomic E-state index is 13.7. The molecule has 0 aliphatic heterocycles. The highest BCUT2D eigenvalue weighted by Gasteiger charge is 2.60. The Morgan fingerprint density at radius 1 is 1.12 bits per heavy atom. The van der Waals surface area contributed by atoms with Crippen LogP contribution in [0.3, 0.4) is 0 Å². The first kappa shape index (κ1) is 17.5. The van der Waals surface area contributed by atoms with Gasteiger partial charge in [-0.3, -0.25) is 0 Å². The van der Waals surface area contributed by atoms with Gasteiger partial charge in [0.05, 0.1) is 6.61 Å². The minimum absolute atomic E-state index is 0.0273. The summed E-state index contributed by atoms with van der Waals surface area (Å²) in [4.78, 5) is 10.9. The van der Waals surface area contributed by atoms with E-state index in [1.807, 2.05) is 0 Å². The molecule has 6 heteroatoms. The fourth-order valence-electron chi connectivity index (χ4n) is 3.14. The third kappa shape index (κ3) is 2.91. The third-order valence-electron chi connectivity index (χ3n) is 4.34. The molecule has 0 saturated heterocycles. The van der Waals surface area contributed by atoms with Crippen molar-refractivity contribution in [1.29, 1.82) is 0 Å². The van der Waals surface area contributed by atoms with E-state index in [0.717, 1.165) is 0 Å². The molecule has 0 fully saturated rings. The molecule has 25 heavy (non-hydrogen) atoms. The number of carbonyl (C=O) groups excluding carboxylic acids is 1. The molecule has 1 atom stereocenters. The molecule has 0 radical (unpaired) electrons. The Bertz CT molecular complexity index is 814. The summed E-state index contributed by atoms with van der Waals surface area (Å²) in [6.45, 7) is 1.69. The number of aliphatic hydroxyl groups is 1. The van der Waals surface area contributed by atoms with E-state index in [0.29, 0.717) is 24.0 Å². The van der Waals surface area contributed by atoms with Crippen LogP contribution in [0.25, 0.3) is 11.1 Å². The van der Waals surface area contributed by atoms with E-state index in [-0.39, 0.29) is 29.3 Å². The van der Waals surface area contributed by atoms with Gasteiger partial charge in [-0.1, -0.05) is 30.3 Å². The van der Waals surface area contributed by atoms with Gasteiger partial charge >= 0.3 is 6.18 Å². The van der Waals surface area contributed by atoms with Gasteiger partial charge in [-0.25, -0.2) is 0 Å². The Morgan fingerprint density at radius 3 is 2.48 bits per heavy atom. The molecule has 0 heterocycles. The van der Waals surface area contributed by atoms with Gasteiger partial charge in [0.25, 0.3) is 0 Å². The van der Waals surface area contributed by atoms with E-state index in [4.69, 9.17) is 4.74 Å². The summed E-state index contributed by atoms with van der Waals surface area (Å²) in [5.74, 6) is 0.261. The number of benzene rings is 2. The van der Waals surface area contributed by atoms with Crippen molar-refractivity contribution in [3.05, 3.63) is 53.6 Å². The molecule has 1 aliphatic rings. The quantitative estimate of drug-likeness (QED) is 0.822. The lowest BCUT2D eigenvalue weighted by Crippen LogP contribution is -2.41.